The summed E-state index contributed by atoms with van der Waals surface area (Å²) in [7, 11) is 0. The van der Waals surface area contributed by atoms with Crippen molar-refractivity contribution in [3.63, 3.8) is 0 Å². The number of ether oxygens (including phenoxy) is 1. The van der Waals surface area contributed by atoms with Crippen molar-refractivity contribution in [3.05, 3.63) is 12.2 Å². The van der Waals surface area contributed by atoms with Crippen molar-refractivity contribution >= 4 is 11.9 Å². The second kappa shape index (κ2) is 22.4. The van der Waals surface area contributed by atoms with Crippen molar-refractivity contribution < 1.29 is 19.4 Å². The first-order valence-corrected chi connectivity index (χ1v) is 12.6. The van der Waals surface area contributed by atoms with Gasteiger partial charge in [-0.25, -0.2) is 0 Å². The van der Waals surface area contributed by atoms with E-state index >= 15 is 0 Å². The number of rotatable bonds is 22. The molecule has 4 heteroatoms. The molecule has 0 fully saturated rings. The Bertz CT molecular complexity index is 431. The molecule has 30 heavy (non-hydrogen) atoms. The predicted octanol–water partition coefficient (Wildman–Crippen LogP) is 7.99. The Balaban J connectivity index is 3.32. The lowest BCUT2D eigenvalue weighted by molar-refractivity contribution is -0.148. The van der Waals surface area contributed by atoms with Gasteiger partial charge in [-0.2, -0.15) is 0 Å². The third-order valence-corrected chi connectivity index (χ3v) is 5.48. The maximum absolute atomic E-state index is 11.8. The van der Waals surface area contributed by atoms with E-state index in [0.717, 1.165) is 57.8 Å². The number of allylic oxidation sites excluding steroid dienone is 2. The van der Waals surface area contributed by atoms with Crippen LogP contribution in [0.25, 0.3) is 0 Å². The third kappa shape index (κ3) is 23.0. The molecule has 0 heterocycles. The van der Waals surface area contributed by atoms with Crippen LogP contribution in [0.1, 0.15) is 136 Å². The lowest BCUT2D eigenvalue weighted by Crippen LogP contribution is -2.14. The van der Waals surface area contributed by atoms with Gasteiger partial charge < -0.3 is 9.84 Å². The first kappa shape index (κ1) is 28.7. The Hall–Kier alpha value is -1.32. The van der Waals surface area contributed by atoms with Crippen LogP contribution in [0.4, 0.5) is 0 Å². The van der Waals surface area contributed by atoms with Crippen molar-refractivity contribution in [1.29, 1.82) is 0 Å². The molecule has 0 aromatic carbocycles. The summed E-state index contributed by atoms with van der Waals surface area (Å²) < 4.78 is 5.49. The van der Waals surface area contributed by atoms with Crippen LogP contribution in [0.5, 0.6) is 0 Å². The van der Waals surface area contributed by atoms with E-state index in [0.29, 0.717) is 12.8 Å². The van der Waals surface area contributed by atoms with E-state index in [1.807, 2.05) is 6.92 Å². The average Bonchev–Trinajstić information content (AvgIpc) is 2.70. The van der Waals surface area contributed by atoms with E-state index in [1.165, 1.54) is 51.4 Å². The van der Waals surface area contributed by atoms with Gasteiger partial charge in [0.25, 0.3) is 0 Å². The molecule has 0 saturated heterocycles. The highest BCUT2D eigenvalue weighted by atomic mass is 16.5. The maximum atomic E-state index is 11.8. The molecule has 0 radical (unpaired) electrons. The molecule has 0 aliphatic carbocycles. The van der Waals surface area contributed by atoms with Crippen LogP contribution < -0.4 is 0 Å². The van der Waals surface area contributed by atoms with E-state index in [1.54, 1.807) is 0 Å². The molecule has 1 N–H and O–H groups in total. The molecule has 0 aromatic rings. The predicted molar refractivity (Wildman–Crippen MR) is 126 cm³/mol. The molecule has 0 bridgehead atoms. The summed E-state index contributed by atoms with van der Waals surface area (Å²) in [5.74, 6) is -0.707. The highest BCUT2D eigenvalue weighted by Crippen LogP contribution is 2.12. The molecule has 1 atom stereocenters. The number of carboxylic acid groups (broad SMARTS) is 1. The van der Waals surface area contributed by atoms with Crippen molar-refractivity contribution in [2.24, 2.45) is 0 Å². The lowest BCUT2D eigenvalue weighted by Gasteiger charge is -2.13. The first-order valence-electron chi connectivity index (χ1n) is 12.6. The topological polar surface area (TPSA) is 63.6 Å². The molecule has 4 nitrogen and oxygen atoms in total. The first-order chi connectivity index (χ1) is 14.6. The minimum atomic E-state index is -0.682. The zero-order valence-corrected chi connectivity index (χ0v) is 19.8. The minimum absolute atomic E-state index is 0.0252. The van der Waals surface area contributed by atoms with E-state index in [2.05, 4.69) is 19.1 Å². The van der Waals surface area contributed by atoms with E-state index in [4.69, 9.17) is 9.84 Å². The van der Waals surface area contributed by atoms with Gasteiger partial charge in [-0.1, -0.05) is 76.9 Å². The monoisotopic (exact) mass is 424 g/mol. The highest BCUT2D eigenvalue weighted by Gasteiger charge is 2.08. The zero-order valence-electron chi connectivity index (χ0n) is 19.8. The Labute approximate surface area is 185 Å². The molecule has 0 aromatic heterocycles. The number of esters is 1. The Morgan fingerprint density at radius 3 is 1.80 bits per heavy atom. The van der Waals surface area contributed by atoms with Crippen LogP contribution in [0.3, 0.4) is 0 Å². The summed E-state index contributed by atoms with van der Waals surface area (Å²) in [4.78, 5) is 22.3. The molecule has 0 aliphatic heterocycles. The molecular weight excluding hydrogens is 376 g/mol. The van der Waals surface area contributed by atoms with Crippen molar-refractivity contribution in [2.45, 2.75) is 142 Å². The van der Waals surface area contributed by atoms with Crippen LogP contribution in [0.2, 0.25) is 0 Å². The molecule has 0 amide bonds. The molecule has 0 saturated carbocycles. The van der Waals surface area contributed by atoms with E-state index < -0.39 is 5.97 Å². The van der Waals surface area contributed by atoms with Crippen LogP contribution in [-0.4, -0.2) is 23.1 Å². The van der Waals surface area contributed by atoms with Gasteiger partial charge in [-0.15, -0.1) is 0 Å². The fourth-order valence-electron chi connectivity index (χ4n) is 3.57. The van der Waals surface area contributed by atoms with Crippen molar-refractivity contribution in [1.82, 2.24) is 0 Å². The Kier molecular flexibility index (Phi) is 21.4. The normalized spacial score (nSPS) is 12.3. The smallest absolute Gasteiger partial charge is 0.306 e. The van der Waals surface area contributed by atoms with Crippen LogP contribution in [0, 0.1) is 0 Å². The fraction of sp³-hybridized carbons (Fsp3) is 0.846. The summed E-state index contributed by atoms with van der Waals surface area (Å²) in [6.45, 7) is 4.22. The van der Waals surface area contributed by atoms with Gasteiger partial charge in [-0.3, -0.25) is 9.59 Å². The highest BCUT2D eigenvalue weighted by molar-refractivity contribution is 5.69. The van der Waals surface area contributed by atoms with Gasteiger partial charge in [0.05, 0.1) is 6.10 Å². The maximum Gasteiger partial charge on any atom is 0.306 e. The summed E-state index contributed by atoms with van der Waals surface area (Å²) in [6, 6.07) is 0. The molecule has 0 aliphatic rings. The number of carbonyl (C=O) groups excluding carboxylic acids is 1. The third-order valence-electron chi connectivity index (χ3n) is 5.48. The van der Waals surface area contributed by atoms with Gasteiger partial charge in [0.1, 0.15) is 0 Å². The van der Waals surface area contributed by atoms with Gasteiger partial charge >= 0.3 is 11.9 Å². The number of hydrogen-bond donors (Lipinski definition) is 1. The average molecular weight is 425 g/mol. The van der Waals surface area contributed by atoms with Gasteiger partial charge in [-0.05, 0) is 58.3 Å². The minimum Gasteiger partial charge on any atom is -0.481 e. The summed E-state index contributed by atoms with van der Waals surface area (Å²) in [5.41, 5.74) is 0. The number of unbranched alkanes of at least 4 members (excludes halogenated alkanes) is 13. The van der Waals surface area contributed by atoms with Crippen LogP contribution >= 0.6 is 0 Å². The number of hydrogen-bond acceptors (Lipinski definition) is 3. The van der Waals surface area contributed by atoms with Gasteiger partial charge in [0.15, 0.2) is 0 Å². The van der Waals surface area contributed by atoms with E-state index in [-0.39, 0.29) is 12.1 Å². The summed E-state index contributed by atoms with van der Waals surface area (Å²) in [5, 5.41) is 8.58. The van der Waals surface area contributed by atoms with Crippen molar-refractivity contribution in [2.75, 3.05) is 0 Å². The second-order valence-corrected chi connectivity index (χ2v) is 8.63. The molecule has 1 unspecified atom stereocenters. The number of carboxylic acids is 1. The molecule has 0 rings (SSSR count). The van der Waals surface area contributed by atoms with E-state index in [9.17, 15) is 9.59 Å². The quantitative estimate of drug-likeness (QED) is 0.109. The summed E-state index contributed by atoms with van der Waals surface area (Å²) >= 11 is 0. The summed E-state index contributed by atoms with van der Waals surface area (Å²) in [6.07, 6.45) is 24.8. The Morgan fingerprint density at radius 1 is 0.733 bits per heavy atom. The zero-order chi connectivity index (χ0) is 22.3. The lowest BCUT2D eigenvalue weighted by atomic mass is 10.1. The number of carbonyl (C=O) groups is 2. The molecule has 0 spiro atoms. The second-order valence-electron chi connectivity index (χ2n) is 8.63. The largest absolute Gasteiger partial charge is 0.481 e. The molecule has 176 valence electrons. The number of aliphatic carboxylic acids is 1. The van der Waals surface area contributed by atoms with Crippen LogP contribution in [0.15, 0.2) is 12.2 Å². The molecular formula is C26H48O4. The Morgan fingerprint density at radius 2 is 1.23 bits per heavy atom. The van der Waals surface area contributed by atoms with Gasteiger partial charge in [0.2, 0.25) is 0 Å². The fourth-order valence-corrected chi connectivity index (χ4v) is 3.57. The van der Waals surface area contributed by atoms with Gasteiger partial charge in [0, 0.05) is 12.8 Å². The SMILES string of the molecule is CCCCCCC(C)OC(=O)CCCCCCCC=CCCCCCCCC(=O)O. The standard InChI is InChI=1S/C26H48O4/c1-3-4-5-18-21-24(2)30-26(29)23-20-17-15-13-11-9-7-6-8-10-12-14-16-19-22-25(27)28/h6-7,24H,3-5,8-23H2,1-2H3,(H,27,28). The van der Waals surface area contributed by atoms with Crippen LogP contribution in [-0.2, 0) is 14.3 Å². The van der Waals surface area contributed by atoms with Crippen molar-refractivity contribution in [3.8, 4) is 0 Å².